The number of aromatic nitrogens is 2. The van der Waals surface area contributed by atoms with E-state index >= 15 is 0 Å². The molecule has 31 heavy (non-hydrogen) atoms. The Kier molecular flexibility index (Phi) is 4.76. The third-order valence-electron chi connectivity index (χ3n) is 4.89. The number of fused-ring (bicyclic) bond motifs is 1. The van der Waals surface area contributed by atoms with Crippen molar-refractivity contribution in [3.63, 3.8) is 0 Å². The highest BCUT2D eigenvalue weighted by molar-refractivity contribution is 7.18. The van der Waals surface area contributed by atoms with Crippen LogP contribution in [0.15, 0.2) is 59.1 Å². The molecule has 3 N–H and O–H groups in total. The summed E-state index contributed by atoms with van der Waals surface area (Å²) in [5.41, 5.74) is 1.50. The normalized spacial score (nSPS) is 13.8. The van der Waals surface area contributed by atoms with Crippen molar-refractivity contribution in [2.24, 2.45) is 0 Å². The number of rotatable bonds is 5. The molecule has 3 aromatic heterocycles. The van der Waals surface area contributed by atoms with Crippen molar-refractivity contribution in [3.8, 4) is 16.5 Å². The number of hydrogen-bond acceptors (Lipinski definition) is 8. The zero-order chi connectivity index (χ0) is 21.5. The van der Waals surface area contributed by atoms with E-state index in [1.54, 1.807) is 19.1 Å². The van der Waals surface area contributed by atoms with E-state index in [0.717, 1.165) is 25.5 Å². The van der Waals surface area contributed by atoms with Crippen LogP contribution in [0, 0.1) is 0 Å². The van der Waals surface area contributed by atoms with Gasteiger partial charge in [-0.3, -0.25) is 14.9 Å². The highest BCUT2D eigenvalue weighted by Crippen LogP contribution is 2.34. The molecule has 0 bridgehead atoms. The number of imide groups is 1. The fourth-order valence-electron chi connectivity index (χ4n) is 3.35. The van der Waals surface area contributed by atoms with Gasteiger partial charge in [-0.05, 0) is 42.1 Å². The fourth-order valence-corrected chi connectivity index (χ4v) is 5.07. The minimum absolute atomic E-state index is 0.197. The molecular weight excluding hydrogens is 432 g/mol. The number of carbonyl (C=O) groups is 2. The van der Waals surface area contributed by atoms with Crippen LogP contribution < -0.4 is 10.6 Å². The average Bonchev–Trinajstić information content (AvgIpc) is 3.45. The standard InChI is InChI=1S/C22H16N4O3S2/c1-11-17(21(29)26-20(11)28)23-18-15-10-14(9-12-4-2-5-13(27)8-12)31-22(15)25-19(24-18)16-6-3-7-30-16/h2-8,10,27H,9H2,1H3,(H2,23,24,25,26,28,29). The topological polar surface area (TPSA) is 104 Å². The molecule has 0 fully saturated rings. The second kappa shape index (κ2) is 7.60. The van der Waals surface area contributed by atoms with Crippen molar-refractivity contribution in [1.29, 1.82) is 0 Å². The van der Waals surface area contributed by atoms with Crippen molar-refractivity contribution in [1.82, 2.24) is 15.3 Å². The van der Waals surface area contributed by atoms with Gasteiger partial charge < -0.3 is 10.4 Å². The summed E-state index contributed by atoms with van der Waals surface area (Å²) in [6, 6.07) is 13.0. The molecule has 154 valence electrons. The van der Waals surface area contributed by atoms with Gasteiger partial charge in [-0.2, -0.15) is 0 Å². The molecule has 0 spiro atoms. The number of carbonyl (C=O) groups excluding carboxylic acids is 2. The third kappa shape index (κ3) is 3.69. The molecule has 0 atom stereocenters. The summed E-state index contributed by atoms with van der Waals surface area (Å²) < 4.78 is 0. The Morgan fingerprint density at radius 3 is 2.68 bits per heavy atom. The van der Waals surface area contributed by atoms with Crippen molar-refractivity contribution in [2.75, 3.05) is 5.32 Å². The fraction of sp³-hybridized carbons (Fsp3) is 0.0909. The predicted octanol–water partition coefficient (Wildman–Crippen LogP) is 4.06. The molecule has 0 aliphatic carbocycles. The molecule has 1 aliphatic rings. The van der Waals surface area contributed by atoms with Crippen molar-refractivity contribution < 1.29 is 14.7 Å². The van der Waals surface area contributed by atoms with E-state index < -0.39 is 11.8 Å². The van der Waals surface area contributed by atoms with Gasteiger partial charge in [-0.1, -0.05) is 18.2 Å². The second-order valence-corrected chi connectivity index (χ2v) is 9.12. The van der Waals surface area contributed by atoms with Gasteiger partial charge in [0.05, 0.1) is 10.3 Å². The van der Waals surface area contributed by atoms with Gasteiger partial charge in [0.15, 0.2) is 5.82 Å². The van der Waals surface area contributed by atoms with E-state index in [1.807, 2.05) is 35.7 Å². The van der Waals surface area contributed by atoms with Crippen LogP contribution >= 0.6 is 22.7 Å². The van der Waals surface area contributed by atoms with Crippen LogP contribution in [0.25, 0.3) is 20.9 Å². The van der Waals surface area contributed by atoms with E-state index in [0.29, 0.717) is 23.6 Å². The van der Waals surface area contributed by atoms with E-state index in [1.165, 1.54) is 22.7 Å². The van der Waals surface area contributed by atoms with Crippen LogP contribution in [0.3, 0.4) is 0 Å². The number of benzene rings is 1. The predicted molar refractivity (Wildman–Crippen MR) is 121 cm³/mol. The summed E-state index contributed by atoms with van der Waals surface area (Å²) >= 11 is 3.06. The lowest BCUT2D eigenvalue weighted by Gasteiger charge is -2.08. The zero-order valence-corrected chi connectivity index (χ0v) is 17.9. The summed E-state index contributed by atoms with van der Waals surface area (Å²) in [6.45, 7) is 1.60. The molecule has 9 heteroatoms. The monoisotopic (exact) mass is 448 g/mol. The Morgan fingerprint density at radius 1 is 1.10 bits per heavy atom. The first-order valence-corrected chi connectivity index (χ1v) is 11.1. The van der Waals surface area contributed by atoms with Gasteiger partial charge in [-0.25, -0.2) is 9.97 Å². The summed E-state index contributed by atoms with van der Waals surface area (Å²) in [5, 5.41) is 17.8. The number of nitrogens with zero attached hydrogens (tertiary/aromatic N) is 2. The number of hydrogen-bond donors (Lipinski definition) is 3. The molecule has 7 nitrogen and oxygen atoms in total. The lowest BCUT2D eigenvalue weighted by molar-refractivity contribution is -0.124. The van der Waals surface area contributed by atoms with E-state index in [2.05, 4.69) is 15.6 Å². The Hall–Kier alpha value is -3.56. The van der Waals surface area contributed by atoms with Crippen LogP contribution in [0.5, 0.6) is 5.75 Å². The number of amides is 2. The summed E-state index contributed by atoms with van der Waals surface area (Å²) in [4.78, 5) is 36.2. The summed E-state index contributed by atoms with van der Waals surface area (Å²) in [7, 11) is 0. The number of nitrogens with one attached hydrogen (secondary N) is 2. The van der Waals surface area contributed by atoms with Crippen LogP contribution in [-0.4, -0.2) is 26.9 Å². The maximum atomic E-state index is 12.2. The Labute approximate surface area is 185 Å². The first kappa shape index (κ1) is 19.4. The first-order chi connectivity index (χ1) is 15.0. The number of phenolic OH excluding ortho intramolecular Hbond substituents is 1. The molecule has 0 saturated heterocycles. The second-order valence-electron chi connectivity index (χ2n) is 7.06. The number of thiophene rings is 2. The first-order valence-electron chi connectivity index (χ1n) is 9.44. The third-order valence-corrected chi connectivity index (χ3v) is 6.78. The maximum Gasteiger partial charge on any atom is 0.275 e. The highest BCUT2D eigenvalue weighted by Gasteiger charge is 2.28. The SMILES string of the molecule is CC1=C(Nc2nc(-c3cccs3)nc3sc(Cc4cccc(O)c4)cc23)C(=O)NC1=O. The highest BCUT2D eigenvalue weighted by atomic mass is 32.1. The van der Waals surface area contributed by atoms with Crippen molar-refractivity contribution >= 4 is 50.5 Å². The lowest BCUT2D eigenvalue weighted by Crippen LogP contribution is -2.24. The van der Waals surface area contributed by atoms with E-state index in [-0.39, 0.29) is 11.4 Å². The minimum Gasteiger partial charge on any atom is -0.508 e. The van der Waals surface area contributed by atoms with Gasteiger partial charge >= 0.3 is 0 Å². The molecule has 0 saturated carbocycles. The van der Waals surface area contributed by atoms with Gasteiger partial charge in [0.2, 0.25) is 0 Å². The molecule has 1 aromatic carbocycles. The van der Waals surface area contributed by atoms with Gasteiger partial charge in [0, 0.05) is 16.9 Å². The van der Waals surface area contributed by atoms with Gasteiger partial charge in [0.1, 0.15) is 22.1 Å². The zero-order valence-electron chi connectivity index (χ0n) is 16.3. The van der Waals surface area contributed by atoms with Crippen molar-refractivity contribution in [2.45, 2.75) is 13.3 Å². The van der Waals surface area contributed by atoms with E-state index in [9.17, 15) is 14.7 Å². The van der Waals surface area contributed by atoms with Crippen molar-refractivity contribution in [3.05, 3.63) is 69.6 Å². The maximum absolute atomic E-state index is 12.2. The van der Waals surface area contributed by atoms with Gasteiger partial charge in [0.25, 0.3) is 11.8 Å². The molecule has 0 unspecified atom stereocenters. The van der Waals surface area contributed by atoms with Crippen LogP contribution in [0.2, 0.25) is 0 Å². The van der Waals surface area contributed by atoms with Crippen LogP contribution in [0.4, 0.5) is 5.82 Å². The van der Waals surface area contributed by atoms with Gasteiger partial charge in [-0.15, -0.1) is 22.7 Å². The van der Waals surface area contributed by atoms with Crippen LogP contribution in [0.1, 0.15) is 17.4 Å². The summed E-state index contributed by atoms with van der Waals surface area (Å²) in [6.07, 6.45) is 0.629. The molecule has 1 aliphatic heterocycles. The summed E-state index contributed by atoms with van der Waals surface area (Å²) in [5.74, 6) is 0.373. The lowest BCUT2D eigenvalue weighted by atomic mass is 10.1. The molecule has 2 amide bonds. The Bertz CT molecular complexity index is 1370. The minimum atomic E-state index is -0.470. The van der Waals surface area contributed by atoms with Crippen LogP contribution in [-0.2, 0) is 16.0 Å². The quantitative estimate of drug-likeness (QED) is 0.398. The molecular formula is C22H16N4O3S2. The number of anilines is 1. The molecule has 5 rings (SSSR count). The molecule has 4 heterocycles. The smallest absolute Gasteiger partial charge is 0.275 e. The average molecular weight is 449 g/mol. The molecule has 4 aromatic rings. The Morgan fingerprint density at radius 2 is 1.97 bits per heavy atom. The number of aromatic hydroxyl groups is 1. The van der Waals surface area contributed by atoms with E-state index in [4.69, 9.17) is 4.98 Å². The Balaban J connectivity index is 1.61. The largest absolute Gasteiger partial charge is 0.508 e. The number of phenols is 1. The molecule has 0 radical (unpaired) electrons.